The molecule has 15 heavy (non-hydrogen) atoms. The molecule has 0 aliphatic heterocycles. The fraction of sp³-hybridized carbons (Fsp3) is 0.167. The van der Waals surface area contributed by atoms with E-state index in [9.17, 15) is 0 Å². The SMILES string of the molecule is SCc1ccc(-c2cc(CCl)cs2)cc1. The Labute approximate surface area is 104 Å². The first-order valence-corrected chi connectivity index (χ1v) is 6.71. The van der Waals surface area contributed by atoms with Gasteiger partial charge in [-0.3, -0.25) is 0 Å². The summed E-state index contributed by atoms with van der Waals surface area (Å²) in [5.41, 5.74) is 3.69. The van der Waals surface area contributed by atoms with Gasteiger partial charge >= 0.3 is 0 Å². The van der Waals surface area contributed by atoms with Gasteiger partial charge in [0.2, 0.25) is 0 Å². The van der Waals surface area contributed by atoms with Crippen LogP contribution in [0, 0.1) is 0 Å². The van der Waals surface area contributed by atoms with E-state index in [2.05, 4.69) is 48.3 Å². The molecule has 0 unspecified atom stereocenters. The van der Waals surface area contributed by atoms with Crippen molar-refractivity contribution in [3.05, 3.63) is 46.8 Å². The van der Waals surface area contributed by atoms with E-state index in [4.69, 9.17) is 11.6 Å². The van der Waals surface area contributed by atoms with E-state index in [0.717, 1.165) is 5.75 Å². The number of benzene rings is 1. The summed E-state index contributed by atoms with van der Waals surface area (Å²) in [5, 5.41) is 2.11. The third-order valence-electron chi connectivity index (χ3n) is 2.23. The quantitative estimate of drug-likeness (QED) is 0.601. The first kappa shape index (κ1) is 11.1. The maximum atomic E-state index is 5.77. The van der Waals surface area contributed by atoms with Crippen molar-refractivity contribution in [1.29, 1.82) is 0 Å². The Bertz CT molecular complexity index is 431. The third-order valence-corrected chi connectivity index (χ3v) is 3.93. The number of rotatable bonds is 3. The van der Waals surface area contributed by atoms with Crippen molar-refractivity contribution in [1.82, 2.24) is 0 Å². The third kappa shape index (κ3) is 2.57. The lowest BCUT2D eigenvalue weighted by Gasteiger charge is -1.99. The molecule has 78 valence electrons. The summed E-state index contributed by atoms with van der Waals surface area (Å²) in [6.07, 6.45) is 0. The second-order valence-corrected chi connectivity index (χ2v) is 4.80. The molecule has 0 bridgehead atoms. The minimum absolute atomic E-state index is 0.589. The highest BCUT2D eigenvalue weighted by Crippen LogP contribution is 2.28. The van der Waals surface area contributed by atoms with E-state index >= 15 is 0 Å². The lowest BCUT2D eigenvalue weighted by molar-refractivity contribution is 1.43. The lowest BCUT2D eigenvalue weighted by atomic mass is 10.1. The van der Waals surface area contributed by atoms with Gasteiger partial charge in [0, 0.05) is 16.5 Å². The van der Waals surface area contributed by atoms with Gasteiger partial charge in [-0.15, -0.1) is 22.9 Å². The van der Waals surface area contributed by atoms with Crippen LogP contribution in [0.5, 0.6) is 0 Å². The van der Waals surface area contributed by atoms with E-state index in [1.54, 1.807) is 11.3 Å². The molecule has 0 fully saturated rings. The Balaban J connectivity index is 2.28. The smallest absolute Gasteiger partial charge is 0.0482 e. The average Bonchev–Trinajstić information content (AvgIpc) is 2.78. The fourth-order valence-electron chi connectivity index (χ4n) is 1.37. The van der Waals surface area contributed by atoms with E-state index in [0.29, 0.717) is 5.88 Å². The summed E-state index contributed by atoms with van der Waals surface area (Å²) >= 11 is 11.7. The molecule has 0 N–H and O–H groups in total. The Morgan fingerprint density at radius 1 is 1.13 bits per heavy atom. The number of thiol groups is 1. The zero-order valence-corrected chi connectivity index (χ0v) is 10.6. The molecule has 0 radical (unpaired) electrons. The number of hydrogen-bond donors (Lipinski definition) is 1. The van der Waals surface area contributed by atoms with Crippen molar-refractivity contribution >= 4 is 35.6 Å². The van der Waals surface area contributed by atoms with Gasteiger partial charge < -0.3 is 0 Å². The first-order chi connectivity index (χ1) is 7.33. The summed E-state index contributed by atoms with van der Waals surface area (Å²) in [6.45, 7) is 0. The molecule has 1 aromatic carbocycles. The molecule has 0 amide bonds. The highest BCUT2D eigenvalue weighted by atomic mass is 35.5. The van der Waals surface area contributed by atoms with Gasteiger partial charge in [-0.1, -0.05) is 24.3 Å². The molecule has 0 spiro atoms. The van der Waals surface area contributed by atoms with Crippen molar-refractivity contribution < 1.29 is 0 Å². The molecule has 0 atom stereocenters. The van der Waals surface area contributed by atoms with Crippen molar-refractivity contribution in [2.24, 2.45) is 0 Å². The summed E-state index contributed by atoms with van der Waals surface area (Å²) in [5.74, 6) is 1.38. The van der Waals surface area contributed by atoms with Gasteiger partial charge in [-0.25, -0.2) is 0 Å². The molecule has 0 aliphatic rings. The van der Waals surface area contributed by atoms with Crippen molar-refractivity contribution in [3.63, 3.8) is 0 Å². The van der Waals surface area contributed by atoms with Crippen molar-refractivity contribution in [3.8, 4) is 10.4 Å². The van der Waals surface area contributed by atoms with Crippen LogP contribution < -0.4 is 0 Å². The summed E-state index contributed by atoms with van der Waals surface area (Å²) < 4.78 is 0. The van der Waals surface area contributed by atoms with Gasteiger partial charge in [0.05, 0.1) is 0 Å². The second kappa shape index (κ2) is 5.06. The minimum atomic E-state index is 0.589. The number of halogens is 1. The van der Waals surface area contributed by atoms with Crippen LogP contribution in [-0.2, 0) is 11.6 Å². The van der Waals surface area contributed by atoms with E-state index in [1.807, 2.05) is 0 Å². The van der Waals surface area contributed by atoms with Crippen molar-refractivity contribution in [2.75, 3.05) is 0 Å². The standard InChI is InChI=1S/C12H11ClS2/c13-6-10-5-12(15-8-10)11-3-1-9(7-14)2-4-11/h1-5,8,14H,6-7H2. The minimum Gasteiger partial charge on any atom is -0.175 e. The Morgan fingerprint density at radius 2 is 1.87 bits per heavy atom. The van der Waals surface area contributed by atoms with Crippen LogP contribution in [0.4, 0.5) is 0 Å². The maximum absolute atomic E-state index is 5.77. The lowest BCUT2D eigenvalue weighted by Crippen LogP contribution is -1.77. The van der Waals surface area contributed by atoms with Crippen LogP contribution in [0.2, 0.25) is 0 Å². The normalized spacial score (nSPS) is 10.5. The topological polar surface area (TPSA) is 0 Å². The predicted molar refractivity (Wildman–Crippen MR) is 72.0 cm³/mol. The molecular weight excluding hydrogens is 244 g/mol. The van der Waals surface area contributed by atoms with E-state index < -0.39 is 0 Å². The Hall–Kier alpha value is -0.440. The van der Waals surface area contributed by atoms with E-state index in [1.165, 1.54) is 21.6 Å². The fourth-order valence-corrected chi connectivity index (χ4v) is 2.75. The molecule has 0 saturated heterocycles. The largest absolute Gasteiger partial charge is 0.175 e. The molecule has 0 nitrogen and oxygen atoms in total. The molecule has 2 rings (SSSR count). The van der Waals surface area contributed by atoms with Gasteiger partial charge in [-0.05, 0) is 28.1 Å². The van der Waals surface area contributed by atoms with Crippen LogP contribution in [0.1, 0.15) is 11.1 Å². The highest BCUT2D eigenvalue weighted by Gasteiger charge is 2.01. The van der Waals surface area contributed by atoms with Gasteiger partial charge in [0.15, 0.2) is 0 Å². The molecule has 0 aliphatic carbocycles. The number of alkyl halides is 1. The molecule has 3 heteroatoms. The molecule has 1 heterocycles. The van der Waals surface area contributed by atoms with Crippen LogP contribution in [0.15, 0.2) is 35.7 Å². The number of thiophene rings is 1. The monoisotopic (exact) mass is 254 g/mol. The van der Waals surface area contributed by atoms with Crippen LogP contribution in [0.25, 0.3) is 10.4 Å². The van der Waals surface area contributed by atoms with Crippen LogP contribution in [0.3, 0.4) is 0 Å². The average molecular weight is 255 g/mol. The summed E-state index contributed by atoms with van der Waals surface area (Å²) in [4.78, 5) is 1.27. The second-order valence-electron chi connectivity index (χ2n) is 3.31. The van der Waals surface area contributed by atoms with Gasteiger partial charge in [-0.2, -0.15) is 12.6 Å². The summed E-state index contributed by atoms with van der Waals surface area (Å²) in [6, 6.07) is 10.6. The van der Waals surface area contributed by atoms with Gasteiger partial charge in [0.1, 0.15) is 0 Å². The van der Waals surface area contributed by atoms with Crippen LogP contribution >= 0.6 is 35.6 Å². The Kier molecular flexibility index (Phi) is 3.73. The zero-order chi connectivity index (χ0) is 10.7. The van der Waals surface area contributed by atoms with Gasteiger partial charge in [0.25, 0.3) is 0 Å². The molecule has 0 saturated carbocycles. The van der Waals surface area contributed by atoms with E-state index in [-0.39, 0.29) is 0 Å². The maximum Gasteiger partial charge on any atom is 0.0482 e. The molecule has 1 aromatic heterocycles. The predicted octanol–water partition coefficient (Wildman–Crippen LogP) is 4.58. The Morgan fingerprint density at radius 3 is 2.40 bits per heavy atom. The first-order valence-electron chi connectivity index (χ1n) is 4.67. The zero-order valence-electron chi connectivity index (χ0n) is 8.11. The molecular formula is C12H11ClS2. The highest BCUT2D eigenvalue weighted by molar-refractivity contribution is 7.79. The number of hydrogen-bond acceptors (Lipinski definition) is 2. The van der Waals surface area contributed by atoms with Crippen LogP contribution in [-0.4, -0.2) is 0 Å². The van der Waals surface area contributed by atoms with Crippen molar-refractivity contribution in [2.45, 2.75) is 11.6 Å². The molecule has 2 aromatic rings. The summed E-state index contributed by atoms with van der Waals surface area (Å²) in [7, 11) is 0.